The van der Waals surface area contributed by atoms with E-state index in [2.05, 4.69) is 5.32 Å². The van der Waals surface area contributed by atoms with E-state index in [1.54, 1.807) is 18.2 Å². The second-order valence-corrected chi connectivity index (χ2v) is 10.7. The van der Waals surface area contributed by atoms with Crippen LogP contribution in [0.4, 0.5) is 5.69 Å². The summed E-state index contributed by atoms with van der Waals surface area (Å²) in [5, 5.41) is 3.25. The van der Waals surface area contributed by atoms with Gasteiger partial charge in [0.1, 0.15) is 0 Å². The standard InChI is InChI=1S/C23H24Cl2N2O7S/c1-33-22(29)15-10-16(23(30)34-2)12-17(11-15)26-21(28)14-6-8-27(9-7-14)35(31,32)13-18-19(24)4-3-5-20(18)25/h3-5,10-12,14H,6-9,13H2,1-2H3,(H,26,28). The molecule has 12 heteroatoms. The number of halogens is 2. The number of nitrogens with one attached hydrogen (secondary N) is 1. The molecule has 0 saturated carbocycles. The molecule has 3 rings (SSSR count). The molecule has 0 aromatic heterocycles. The molecule has 2 aromatic carbocycles. The molecule has 2 aromatic rings. The number of piperidine rings is 1. The molecule has 0 bridgehead atoms. The molecule has 9 nitrogen and oxygen atoms in total. The lowest BCUT2D eigenvalue weighted by atomic mass is 9.97. The van der Waals surface area contributed by atoms with Crippen LogP contribution in [0.15, 0.2) is 36.4 Å². The van der Waals surface area contributed by atoms with E-state index in [0.717, 1.165) is 0 Å². The van der Waals surface area contributed by atoms with Crippen LogP contribution in [0, 0.1) is 5.92 Å². The zero-order valence-corrected chi connectivity index (χ0v) is 21.4. The van der Waals surface area contributed by atoms with E-state index < -0.39 is 27.9 Å². The van der Waals surface area contributed by atoms with Gasteiger partial charge in [-0.05, 0) is 43.2 Å². The van der Waals surface area contributed by atoms with Gasteiger partial charge in [-0.25, -0.2) is 22.3 Å². The number of sulfonamides is 1. The number of methoxy groups -OCH3 is 2. The number of rotatable bonds is 7. The summed E-state index contributed by atoms with van der Waals surface area (Å²) >= 11 is 12.2. The summed E-state index contributed by atoms with van der Waals surface area (Å²) in [4.78, 5) is 36.8. The van der Waals surface area contributed by atoms with Crippen molar-refractivity contribution in [2.45, 2.75) is 18.6 Å². The van der Waals surface area contributed by atoms with Gasteiger partial charge in [0.25, 0.3) is 0 Å². The lowest BCUT2D eigenvalue weighted by Gasteiger charge is -2.30. The highest BCUT2D eigenvalue weighted by Crippen LogP contribution is 2.29. The molecule has 1 saturated heterocycles. The lowest BCUT2D eigenvalue weighted by molar-refractivity contribution is -0.120. The lowest BCUT2D eigenvalue weighted by Crippen LogP contribution is -2.42. The molecule has 0 spiro atoms. The zero-order valence-electron chi connectivity index (χ0n) is 19.0. The minimum absolute atomic E-state index is 0.0739. The molecule has 188 valence electrons. The predicted molar refractivity (Wildman–Crippen MR) is 131 cm³/mol. The monoisotopic (exact) mass is 542 g/mol. The highest BCUT2D eigenvalue weighted by Gasteiger charge is 2.32. The summed E-state index contributed by atoms with van der Waals surface area (Å²) in [6, 6.07) is 8.89. The fourth-order valence-electron chi connectivity index (χ4n) is 3.76. The first-order valence-corrected chi connectivity index (χ1v) is 13.0. The van der Waals surface area contributed by atoms with Crippen LogP contribution in [-0.4, -0.2) is 57.9 Å². The van der Waals surface area contributed by atoms with Crippen LogP contribution in [0.3, 0.4) is 0 Å². The third-order valence-electron chi connectivity index (χ3n) is 5.65. The molecule has 0 unspecified atom stereocenters. The predicted octanol–water partition coefficient (Wildman–Crippen LogP) is 3.75. The van der Waals surface area contributed by atoms with Gasteiger partial charge in [0.2, 0.25) is 15.9 Å². The molecule has 1 amide bonds. The Morgan fingerprint density at radius 1 is 0.971 bits per heavy atom. The van der Waals surface area contributed by atoms with Crippen LogP contribution < -0.4 is 5.32 Å². The highest BCUT2D eigenvalue weighted by atomic mass is 35.5. The number of hydrogen-bond donors (Lipinski definition) is 1. The third kappa shape index (κ3) is 6.52. The van der Waals surface area contributed by atoms with Gasteiger partial charge in [-0.15, -0.1) is 0 Å². The normalized spacial score (nSPS) is 14.9. The first-order chi connectivity index (χ1) is 16.6. The van der Waals surface area contributed by atoms with Crippen molar-refractivity contribution < 1.29 is 32.3 Å². The molecule has 1 heterocycles. The van der Waals surface area contributed by atoms with Gasteiger partial charge in [0.05, 0.1) is 31.1 Å². The van der Waals surface area contributed by atoms with Crippen molar-refractivity contribution in [2.75, 3.05) is 32.6 Å². The Bertz CT molecular complexity index is 1190. The number of benzene rings is 2. The first-order valence-electron chi connectivity index (χ1n) is 10.6. The second-order valence-electron chi connectivity index (χ2n) is 7.90. The third-order valence-corrected chi connectivity index (χ3v) is 8.16. The van der Waals surface area contributed by atoms with Crippen LogP contribution >= 0.6 is 23.2 Å². The van der Waals surface area contributed by atoms with Crippen molar-refractivity contribution in [3.63, 3.8) is 0 Å². The maximum absolute atomic E-state index is 12.9. The minimum atomic E-state index is -3.70. The average molecular weight is 543 g/mol. The van der Waals surface area contributed by atoms with Gasteiger partial charge in [-0.3, -0.25) is 4.79 Å². The fraction of sp³-hybridized carbons (Fsp3) is 0.348. The molecule has 0 atom stereocenters. The van der Waals surface area contributed by atoms with Gasteiger partial charge < -0.3 is 14.8 Å². The van der Waals surface area contributed by atoms with Crippen molar-refractivity contribution in [3.8, 4) is 0 Å². The summed E-state index contributed by atoms with van der Waals surface area (Å²) in [6.45, 7) is 0.302. The Balaban J connectivity index is 1.67. The largest absolute Gasteiger partial charge is 0.465 e. The second kappa shape index (κ2) is 11.4. The summed E-state index contributed by atoms with van der Waals surface area (Å²) in [5.74, 6) is -2.51. The Kier molecular flexibility index (Phi) is 8.76. The summed E-state index contributed by atoms with van der Waals surface area (Å²) in [5.41, 5.74) is 0.707. The fourth-order valence-corrected chi connectivity index (χ4v) is 6.07. The number of carbonyl (C=O) groups excluding carboxylic acids is 3. The molecule has 0 radical (unpaired) electrons. The van der Waals surface area contributed by atoms with Gasteiger partial charge in [0.15, 0.2) is 0 Å². The minimum Gasteiger partial charge on any atom is -0.465 e. The van der Waals surface area contributed by atoms with Crippen molar-refractivity contribution in [3.05, 3.63) is 63.1 Å². The van der Waals surface area contributed by atoms with Crippen molar-refractivity contribution in [2.24, 2.45) is 5.92 Å². The average Bonchev–Trinajstić information content (AvgIpc) is 2.85. The molecular weight excluding hydrogens is 519 g/mol. The number of ether oxygens (including phenoxy) is 2. The van der Waals surface area contributed by atoms with E-state index in [4.69, 9.17) is 32.7 Å². The van der Waals surface area contributed by atoms with Crippen molar-refractivity contribution in [1.82, 2.24) is 4.31 Å². The first kappa shape index (κ1) is 26.9. The quantitative estimate of drug-likeness (QED) is 0.529. The Morgan fingerprint density at radius 3 is 1.97 bits per heavy atom. The molecule has 1 aliphatic rings. The van der Waals surface area contributed by atoms with Crippen molar-refractivity contribution >= 4 is 56.8 Å². The SMILES string of the molecule is COC(=O)c1cc(NC(=O)C2CCN(S(=O)(=O)Cc3c(Cl)cccc3Cl)CC2)cc(C(=O)OC)c1. The van der Waals surface area contributed by atoms with Crippen LogP contribution in [0.1, 0.15) is 39.1 Å². The summed E-state index contributed by atoms with van der Waals surface area (Å²) in [7, 11) is -1.29. The van der Waals surface area contributed by atoms with E-state index >= 15 is 0 Å². The number of carbonyl (C=O) groups is 3. The van der Waals surface area contributed by atoms with Crippen LogP contribution in [0.5, 0.6) is 0 Å². The van der Waals surface area contributed by atoms with E-state index in [9.17, 15) is 22.8 Å². The highest BCUT2D eigenvalue weighted by molar-refractivity contribution is 7.88. The van der Waals surface area contributed by atoms with Crippen molar-refractivity contribution in [1.29, 1.82) is 0 Å². The molecular formula is C23H24Cl2N2O7S. The van der Waals surface area contributed by atoms with Gasteiger partial charge in [-0.1, -0.05) is 29.3 Å². The van der Waals surface area contributed by atoms with E-state index in [1.807, 2.05) is 0 Å². The van der Waals surface area contributed by atoms with Gasteiger partial charge in [0, 0.05) is 40.3 Å². The number of anilines is 1. The maximum Gasteiger partial charge on any atom is 0.337 e. The summed E-state index contributed by atoms with van der Waals surface area (Å²) in [6.07, 6.45) is 0.587. The van der Waals surface area contributed by atoms with E-state index in [0.29, 0.717) is 18.4 Å². The summed E-state index contributed by atoms with van der Waals surface area (Å²) < 4.78 is 36.5. The Labute approximate surface area is 213 Å². The number of esters is 2. The molecule has 1 N–H and O–H groups in total. The number of hydrogen-bond acceptors (Lipinski definition) is 7. The van der Waals surface area contributed by atoms with E-state index in [1.165, 1.54) is 36.7 Å². The Morgan fingerprint density at radius 2 is 1.49 bits per heavy atom. The number of nitrogens with zero attached hydrogens (tertiary/aromatic N) is 1. The van der Waals surface area contributed by atoms with Gasteiger partial charge in [-0.2, -0.15) is 0 Å². The smallest absolute Gasteiger partial charge is 0.337 e. The topological polar surface area (TPSA) is 119 Å². The van der Waals surface area contributed by atoms with E-state index in [-0.39, 0.29) is 51.6 Å². The van der Waals surface area contributed by atoms with Crippen LogP contribution in [0.25, 0.3) is 0 Å². The van der Waals surface area contributed by atoms with Gasteiger partial charge >= 0.3 is 11.9 Å². The number of amides is 1. The zero-order chi connectivity index (χ0) is 25.8. The molecule has 35 heavy (non-hydrogen) atoms. The molecule has 1 aliphatic heterocycles. The maximum atomic E-state index is 12.9. The molecule has 0 aliphatic carbocycles. The van der Waals surface area contributed by atoms with Crippen LogP contribution in [-0.2, 0) is 30.0 Å². The van der Waals surface area contributed by atoms with Crippen LogP contribution in [0.2, 0.25) is 10.0 Å². The molecule has 1 fully saturated rings. The Hall–Kier alpha value is -2.66.